The van der Waals surface area contributed by atoms with Gasteiger partial charge in [-0.15, -0.1) is 0 Å². The molecule has 3 nitrogen and oxygen atoms in total. The Hall–Kier alpha value is -1.16. The van der Waals surface area contributed by atoms with Crippen LogP contribution in [0.15, 0.2) is 12.1 Å². The Balaban J connectivity index is 1.87. The largest absolute Gasteiger partial charge is 0.374 e. The first-order chi connectivity index (χ1) is 8.15. The molecule has 1 aromatic heterocycles. The Morgan fingerprint density at radius 1 is 1.47 bits per heavy atom. The van der Waals surface area contributed by atoms with E-state index < -0.39 is 0 Å². The molecule has 92 valence electrons. The molecule has 0 aromatic carbocycles. The van der Waals surface area contributed by atoms with Crippen LogP contribution in [0.4, 0.5) is 10.2 Å². The minimum atomic E-state index is -0.332. The number of rotatable bonds is 2. The maximum atomic E-state index is 13.8. The van der Waals surface area contributed by atoms with Gasteiger partial charge in [-0.1, -0.05) is 19.9 Å². The molecule has 2 saturated heterocycles. The Bertz CT molecular complexity index is 435. The molecule has 4 heteroatoms. The van der Waals surface area contributed by atoms with Crippen LogP contribution in [-0.4, -0.2) is 30.3 Å². The number of ether oxygens (including phenoxy) is 1. The molecule has 2 aliphatic heterocycles. The van der Waals surface area contributed by atoms with Crippen molar-refractivity contribution in [3.63, 3.8) is 0 Å². The van der Waals surface area contributed by atoms with Crippen molar-refractivity contribution in [2.75, 3.05) is 18.1 Å². The molecule has 0 unspecified atom stereocenters. The average Bonchev–Trinajstić information content (AvgIpc) is 2.89. The van der Waals surface area contributed by atoms with Gasteiger partial charge < -0.3 is 9.64 Å². The van der Waals surface area contributed by atoms with Gasteiger partial charge in [0.2, 0.25) is 5.95 Å². The molecule has 2 fully saturated rings. The third-order valence-electron chi connectivity index (χ3n) is 3.68. The highest BCUT2D eigenvalue weighted by atomic mass is 19.1. The highest BCUT2D eigenvalue weighted by Crippen LogP contribution is 2.32. The van der Waals surface area contributed by atoms with E-state index in [4.69, 9.17) is 4.74 Å². The molecule has 0 aliphatic carbocycles. The van der Waals surface area contributed by atoms with Crippen LogP contribution in [0.25, 0.3) is 0 Å². The zero-order valence-electron chi connectivity index (χ0n) is 10.2. The summed E-state index contributed by atoms with van der Waals surface area (Å²) in [6, 6.07) is 4.17. The summed E-state index contributed by atoms with van der Waals surface area (Å²) in [4.78, 5) is 6.27. The standard InChI is InChI=1S/C13H17FN2O/c1-8(2)11-3-4-12(15-13(11)14)16-6-10-5-9(16)7-17-10/h3-4,8-10H,5-7H2,1-2H3/t9-,10-/m1/s1. The van der Waals surface area contributed by atoms with Crippen molar-refractivity contribution in [1.82, 2.24) is 4.98 Å². The van der Waals surface area contributed by atoms with Crippen molar-refractivity contribution in [3.05, 3.63) is 23.6 Å². The van der Waals surface area contributed by atoms with E-state index in [-0.39, 0.29) is 11.9 Å². The number of morpholine rings is 1. The monoisotopic (exact) mass is 236 g/mol. The van der Waals surface area contributed by atoms with Crippen LogP contribution in [-0.2, 0) is 4.74 Å². The van der Waals surface area contributed by atoms with E-state index in [1.165, 1.54) is 0 Å². The molecule has 1 aromatic rings. The molecule has 0 saturated carbocycles. The van der Waals surface area contributed by atoms with Gasteiger partial charge in [0.15, 0.2) is 0 Å². The van der Waals surface area contributed by atoms with Crippen LogP contribution in [0, 0.1) is 5.95 Å². The number of halogens is 1. The van der Waals surface area contributed by atoms with Gasteiger partial charge in [0.25, 0.3) is 0 Å². The zero-order valence-corrected chi connectivity index (χ0v) is 10.2. The van der Waals surface area contributed by atoms with E-state index >= 15 is 0 Å². The molecule has 0 spiro atoms. The van der Waals surface area contributed by atoms with Gasteiger partial charge in [0, 0.05) is 12.1 Å². The summed E-state index contributed by atoms with van der Waals surface area (Å²) in [6.45, 7) is 5.55. The van der Waals surface area contributed by atoms with Gasteiger partial charge in [-0.3, -0.25) is 0 Å². The lowest BCUT2D eigenvalue weighted by Gasteiger charge is -2.28. The Kier molecular flexibility index (Phi) is 2.54. The molecule has 3 heterocycles. The van der Waals surface area contributed by atoms with Crippen LogP contribution in [0.1, 0.15) is 31.7 Å². The number of hydrogen-bond acceptors (Lipinski definition) is 3. The third-order valence-corrected chi connectivity index (χ3v) is 3.68. The van der Waals surface area contributed by atoms with Gasteiger partial charge in [0.1, 0.15) is 5.82 Å². The summed E-state index contributed by atoms with van der Waals surface area (Å²) in [5, 5.41) is 0. The van der Waals surface area contributed by atoms with Gasteiger partial charge in [-0.05, 0) is 18.4 Å². The number of fused-ring (bicyclic) bond motifs is 2. The summed E-state index contributed by atoms with van der Waals surface area (Å²) in [7, 11) is 0. The average molecular weight is 236 g/mol. The molecule has 2 bridgehead atoms. The fourth-order valence-electron chi connectivity index (χ4n) is 2.71. The summed E-state index contributed by atoms with van der Waals surface area (Å²) in [6.07, 6.45) is 1.37. The molecule has 2 aliphatic rings. The molecule has 0 N–H and O–H groups in total. The maximum absolute atomic E-state index is 13.8. The fourth-order valence-corrected chi connectivity index (χ4v) is 2.71. The molecule has 2 atom stereocenters. The van der Waals surface area contributed by atoms with E-state index in [0.29, 0.717) is 17.7 Å². The van der Waals surface area contributed by atoms with Crippen LogP contribution in [0.5, 0.6) is 0 Å². The first-order valence-corrected chi connectivity index (χ1v) is 6.20. The van der Waals surface area contributed by atoms with Crippen molar-refractivity contribution >= 4 is 5.82 Å². The predicted octanol–water partition coefficient (Wildman–Crippen LogP) is 2.32. The smallest absolute Gasteiger partial charge is 0.218 e. The van der Waals surface area contributed by atoms with Gasteiger partial charge in [-0.25, -0.2) is 4.98 Å². The molecule has 3 rings (SSSR count). The summed E-state index contributed by atoms with van der Waals surface area (Å²) < 4.78 is 19.4. The van der Waals surface area contributed by atoms with Crippen molar-refractivity contribution < 1.29 is 9.13 Å². The number of anilines is 1. The predicted molar refractivity (Wildman–Crippen MR) is 63.8 cm³/mol. The molecule has 17 heavy (non-hydrogen) atoms. The fraction of sp³-hybridized carbons (Fsp3) is 0.615. The highest BCUT2D eigenvalue weighted by molar-refractivity contribution is 5.44. The minimum absolute atomic E-state index is 0.176. The Morgan fingerprint density at radius 3 is 2.82 bits per heavy atom. The molecule has 0 amide bonds. The number of pyridine rings is 1. The summed E-state index contributed by atoms with van der Waals surface area (Å²) in [5.41, 5.74) is 0.689. The maximum Gasteiger partial charge on any atom is 0.218 e. The van der Waals surface area contributed by atoms with Crippen LogP contribution < -0.4 is 4.90 Å². The lowest BCUT2D eigenvalue weighted by molar-refractivity contribution is 0.0988. The van der Waals surface area contributed by atoms with E-state index in [1.54, 1.807) is 0 Å². The SMILES string of the molecule is CC(C)c1ccc(N2C[C@H]3C[C@@H]2CO3)nc1F. The number of aromatic nitrogens is 1. The minimum Gasteiger partial charge on any atom is -0.374 e. The second-order valence-electron chi connectivity index (χ2n) is 5.20. The Labute approximate surface area is 101 Å². The van der Waals surface area contributed by atoms with Crippen molar-refractivity contribution in [1.29, 1.82) is 0 Å². The molecular formula is C13H17FN2O. The second kappa shape index (κ2) is 3.95. The normalized spacial score (nSPS) is 27.2. The van der Waals surface area contributed by atoms with Crippen molar-refractivity contribution in [3.8, 4) is 0 Å². The van der Waals surface area contributed by atoms with E-state index in [1.807, 2.05) is 26.0 Å². The third kappa shape index (κ3) is 1.80. The van der Waals surface area contributed by atoms with Gasteiger partial charge in [-0.2, -0.15) is 4.39 Å². The highest BCUT2D eigenvalue weighted by Gasteiger charge is 2.39. The van der Waals surface area contributed by atoms with Crippen LogP contribution >= 0.6 is 0 Å². The van der Waals surface area contributed by atoms with E-state index in [2.05, 4.69) is 9.88 Å². The van der Waals surface area contributed by atoms with Gasteiger partial charge in [0.05, 0.1) is 18.8 Å². The van der Waals surface area contributed by atoms with E-state index in [9.17, 15) is 4.39 Å². The lowest BCUT2D eigenvalue weighted by Crippen LogP contribution is -2.37. The van der Waals surface area contributed by atoms with Crippen molar-refractivity contribution in [2.45, 2.75) is 38.3 Å². The number of nitrogens with zero attached hydrogens (tertiary/aromatic N) is 2. The molecular weight excluding hydrogens is 219 g/mol. The first-order valence-electron chi connectivity index (χ1n) is 6.20. The quantitative estimate of drug-likeness (QED) is 0.737. The summed E-state index contributed by atoms with van der Waals surface area (Å²) >= 11 is 0. The van der Waals surface area contributed by atoms with Gasteiger partial charge >= 0.3 is 0 Å². The second-order valence-corrected chi connectivity index (χ2v) is 5.20. The summed E-state index contributed by atoms with van der Waals surface area (Å²) in [5.74, 6) is 0.596. The van der Waals surface area contributed by atoms with E-state index in [0.717, 1.165) is 25.4 Å². The lowest BCUT2D eigenvalue weighted by atomic mass is 10.1. The number of hydrogen-bond donors (Lipinski definition) is 0. The van der Waals surface area contributed by atoms with Crippen molar-refractivity contribution in [2.24, 2.45) is 0 Å². The topological polar surface area (TPSA) is 25.4 Å². The Morgan fingerprint density at radius 2 is 2.29 bits per heavy atom. The molecule has 0 radical (unpaired) electrons. The van der Waals surface area contributed by atoms with Crippen LogP contribution in [0.3, 0.4) is 0 Å². The first kappa shape index (κ1) is 11.0. The van der Waals surface area contributed by atoms with Crippen LogP contribution in [0.2, 0.25) is 0 Å². The zero-order chi connectivity index (χ0) is 12.0.